The average molecular weight is 445 g/mol. The lowest BCUT2D eigenvalue weighted by atomic mass is 9.77. The van der Waals surface area contributed by atoms with Gasteiger partial charge in [-0.15, -0.1) is 0 Å². The van der Waals surface area contributed by atoms with Crippen LogP contribution in [0.25, 0.3) is 11.6 Å². The second kappa shape index (κ2) is 9.81. The van der Waals surface area contributed by atoms with E-state index in [2.05, 4.69) is 86.7 Å². The molecule has 2 atom stereocenters. The van der Waals surface area contributed by atoms with Gasteiger partial charge in [0, 0.05) is 17.4 Å². The molecule has 1 heteroatoms. The Labute approximate surface area is 203 Å². The van der Waals surface area contributed by atoms with Gasteiger partial charge in [0.25, 0.3) is 0 Å². The molecule has 0 spiro atoms. The lowest BCUT2D eigenvalue weighted by molar-refractivity contribution is 0.0938. The molecule has 2 aliphatic carbocycles. The van der Waals surface area contributed by atoms with Gasteiger partial charge in [0.05, 0.1) is 0 Å². The number of ketones is 1. The van der Waals surface area contributed by atoms with Crippen LogP contribution in [0.4, 0.5) is 0 Å². The van der Waals surface area contributed by atoms with Gasteiger partial charge >= 0.3 is 0 Å². The van der Waals surface area contributed by atoms with Crippen molar-refractivity contribution in [2.45, 2.75) is 45.4 Å². The zero-order chi connectivity index (χ0) is 23.5. The maximum Gasteiger partial charge on any atom is 0.170 e. The molecule has 0 N–H and O–H groups in total. The zero-order valence-electron chi connectivity index (χ0n) is 20.1. The molecule has 0 saturated heterocycles. The Kier molecular flexibility index (Phi) is 6.45. The lowest BCUT2D eigenvalue weighted by Gasteiger charge is -2.27. The smallest absolute Gasteiger partial charge is 0.170 e. The number of benzene rings is 3. The predicted octanol–water partition coefficient (Wildman–Crippen LogP) is 8.22. The highest BCUT2D eigenvalue weighted by atomic mass is 16.1. The highest BCUT2D eigenvalue weighted by Gasteiger charge is 2.30. The number of aryl methyl sites for hydroxylation is 2. The summed E-state index contributed by atoms with van der Waals surface area (Å²) in [4.78, 5) is 13.2. The van der Waals surface area contributed by atoms with E-state index < -0.39 is 0 Å². The minimum Gasteiger partial charge on any atom is -0.293 e. The van der Waals surface area contributed by atoms with Crippen LogP contribution in [0.3, 0.4) is 0 Å². The fourth-order valence-electron chi connectivity index (χ4n) is 5.63. The Morgan fingerprint density at radius 1 is 0.765 bits per heavy atom. The van der Waals surface area contributed by atoms with Crippen molar-refractivity contribution in [2.75, 3.05) is 0 Å². The number of carbonyl (C=O) groups is 1. The Bertz CT molecular complexity index is 1270. The van der Waals surface area contributed by atoms with E-state index in [1.807, 2.05) is 24.3 Å². The molecule has 0 aliphatic heterocycles. The second-order valence-electron chi connectivity index (χ2n) is 9.32. The fourth-order valence-corrected chi connectivity index (χ4v) is 5.63. The SMILES string of the molecule is CCc1cccc(CC)c1C1C(CCC2C=Cc3ccccc3C2=O)=CC=C1c1ccccc1. The van der Waals surface area contributed by atoms with Crippen LogP contribution in [-0.4, -0.2) is 5.78 Å². The van der Waals surface area contributed by atoms with Crippen LogP contribution in [0, 0.1) is 5.92 Å². The minimum atomic E-state index is -0.0516. The second-order valence-corrected chi connectivity index (χ2v) is 9.32. The number of fused-ring (bicyclic) bond motifs is 1. The van der Waals surface area contributed by atoms with Gasteiger partial charge < -0.3 is 0 Å². The van der Waals surface area contributed by atoms with Gasteiger partial charge in [-0.3, -0.25) is 4.79 Å². The largest absolute Gasteiger partial charge is 0.293 e. The molecule has 2 aliphatic rings. The molecule has 0 heterocycles. The first-order chi connectivity index (χ1) is 16.7. The number of rotatable bonds is 7. The summed E-state index contributed by atoms with van der Waals surface area (Å²) in [6.07, 6.45) is 12.7. The number of hydrogen-bond donors (Lipinski definition) is 0. The average Bonchev–Trinajstić information content (AvgIpc) is 3.31. The van der Waals surface area contributed by atoms with Crippen molar-refractivity contribution in [3.8, 4) is 0 Å². The van der Waals surface area contributed by atoms with E-state index in [-0.39, 0.29) is 17.6 Å². The molecule has 0 radical (unpaired) electrons. The van der Waals surface area contributed by atoms with Crippen molar-refractivity contribution in [3.05, 3.63) is 130 Å². The van der Waals surface area contributed by atoms with E-state index >= 15 is 0 Å². The van der Waals surface area contributed by atoms with E-state index in [1.54, 1.807) is 0 Å². The van der Waals surface area contributed by atoms with Crippen molar-refractivity contribution in [1.29, 1.82) is 0 Å². The van der Waals surface area contributed by atoms with Gasteiger partial charge in [-0.25, -0.2) is 0 Å². The molecule has 3 aromatic rings. The van der Waals surface area contributed by atoms with Gasteiger partial charge in [0.15, 0.2) is 5.78 Å². The minimum absolute atomic E-state index is 0.0516. The third-order valence-electron chi connectivity index (χ3n) is 7.42. The third-order valence-corrected chi connectivity index (χ3v) is 7.42. The van der Waals surface area contributed by atoms with Crippen molar-refractivity contribution in [3.63, 3.8) is 0 Å². The molecule has 0 amide bonds. The zero-order valence-corrected chi connectivity index (χ0v) is 20.1. The standard InChI is InChI=1S/C33H32O/c1-3-23-14-10-15-24(4-2)31(23)32-27(21-22-29(32)25-11-6-5-7-12-25)18-20-28-19-17-26-13-8-9-16-30(26)33(28)34/h5-17,19,21-22,28,32H,3-4,18,20H2,1-2H3. The van der Waals surface area contributed by atoms with E-state index in [0.29, 0.717) is 0 Å². The van der Waals surface area contributed by atoms with Crippen LogP contribution in [0.2, 0.25) is 0 Å². The molecule has 34 heavy (non-hydrogen) atoms. The molecule has 0 bridgehead atoms. The van der Waals surface area contributed by atoms with Crippen LogP contribution in [0.1, 0.15) is 70.8 Å². The first-order valence-electron chi connectivity index (χ1n) is 12.6. The first-order valence-corrected chi connectivity index (χ1v) is 12.6. The normalized spacial score (nSPS) is 19.1. The van der Waals surface area contributed by atoms with Crippen LogP contribution in [0.15, 0.2) is 96.6 Å². The topological polar surface area (TPSA) is 17.1 Å². The van der Waals surface area contributed by atoms with E-state index in [4.69, 9.17) is 0 Å². The quantitative estimate of drug-likeness (QED) is 0.359. The Hall–Kier alpha value is -3.45. The summed E-state index contributed by atoms with van der Waals surface area (Å²) in [6.45, 7) is 4.51. The van der Waals surface area contributed by atoms with E-state index in [0.717, 1.165) is 36.8 Å². The van der Waals surface area contributed by atoms with Gasteiger partial charge in [0.1, 0.15) is 0 Å². The summed E-state index contributed by atoms with van der Waals surface area (Å²) < 4.78 is 0. The van der Waals surface area contributed by atoms with Crippen molar-refractivity contribution < 1.29 is 4.79 Å². The van der Waals surface area contributed by atoms with Crippen molar-refractivity contribution in [2.24, 2.45) is 5.92 Å². The van der Waals surface area contributed by atoms with Crippen molar-refractivity contribution >= 4 is 17.4 Å². The summed E-state index contributed by atoms with van der Waals surface area (Å²) in [6, 6.07) is 25.5. The van der Waals surface area contributed by atoms with Gasteiger partial charge in [-0.05, 0) is 59.1 Å². The Morgan fingerprint density at radius 2 is 1.47 bits per heavy atom. The van der Waals surface area contributed by atoms with Crippen LogP contribution >= 0.6 is 0 Å². The molecule has 2 unspecified atom stereocenters. The molecule has 0 saturated carbocycles. The first kappa shape index (κ1) is 22.3. The fraction of sp³-hybridized carbons (Fsp3) is 0.242. The summed E-state index contributed by atoms with van der Waals surface area (Å²) in [5.74, 6) is 0.459. The lowest BCUT2D eigenvalue weighted by Crippen LogP contribution is -2.18. The number of Topliss-reactive ketones (excluding diaryl/α,β-unsaturated/α-hetero) is 1. The Morgan fingerprint density at radius 3 is 2.21 bits per heavy atom. The van der Waals surface area contributed by atoms with Gasteiger partial charge in [-0.1, -0.05) is 117 Å². The van der Waals surface area contributed by atoms with Crippen LogP contribution in [-0.2, 0) is 12.8 Å². The molecular formula is C33H32O. The van der Waals surface area contributed by atoms with Gasteiger partial charge in [0.2, 0.25) is 0 Å². The number of carbonyl (C=O) groups excluding carboxylic acids is 1. The van der Waals surface area contributed by atoms with Crippen LogP contribution in [0.5, 0.6) is 0 Å². The number of allylic oxidation sites excluding steroid dienone is 5. The molecule has 1 nitrogen and oxygen atoms in total. The summed E-state index contributed by atoms with van der Waals surface area (Å²) in [5.41, 5.74) is 10.3. The maximum atomic E-state index is 13.2. The summed E-state index contributed by atoms with van der Waals surface area (Å²) in [5, 5.41) is 0. The highest BCUT2D eigenvalue weighted by Crippen LogP contribution is 2.47. The summed E-state index contributed by atoms with van der Waals surface area (Å²) >= 11 is 0. The highest BCUT2D eigenvalue weighted by molar-refractivity contribution is 6.04. The predicted molar refractivity (Wildman–Crippen MR) is 143 cm³/mol. The molecule has 170 valence electrons. The molecule has 0 fully saturated rings. The van der Waals surface area contributed by atoms with E-state index in [9.17, 15) is 4.79 Å². The Balaban J connectivity index is 1.47. The number of hydrogen-bond acceptors (Lipinski definition) is 1. The van der Waals surface area contributed by atoms with Crippen LogP contribution < -0.4 is 0 Å². The molecule has 0 aromatic heterocycles. The monoisotopic (exact) mass is 444 g/mol. The molecule has 5 rings (SSSR count). The van der Waals surface area contributed by atoms with E-state index in [1.165, 1.54) is 33.4 Å². The molecular weight excluding hydrogens is 412 g/mol. The van der Waals surface area contributed by atoms with Gasteiger partial charge in [-0.2, -0.15) is 0 Å². The van der Waals surface area contributed by atoms with Crippen molar-refractivity contribution in [1.82, 2.24) is 0 Å². The third kappa shape index (κ3) is 4.12. The maximum absolute atomic E-state index is 13.2. The summed E-state index contributed by atoms with van der Waals surface area (Å²) in [7, 11) is 0. The molecule has 3 aromatic carbocycles.